The van der Waals surface area contributed by atoms with Gasteiger partial charge in [-0.05, 0) is 57.4 Å². The number of phosphoric acid groups is 1. The van der Waals surface area contributed by atoms with Crippen molar-refractivity contribution in [2.75, 3.05) is 40.9 Å². The van der Waals surface area contributed by atoms with Crippen molar-refractivity contribution < 1.29 is 37.3 Å². The minimum Gasteiger partial charge on any atom is -0.456 e. The second-order valence-electron chi connectivity index (χ2n) is 25.1. The average Bonchev–Trinajstić information content (AvgIpc) is 3.41. The first kappa shape index (κ1) is 77.5. The Hall–Kier alpha value is -1.51. The maximum Gasteiger partial charge on any atom is 0.472 e. The van der Waals surface area contributed by atoms with Gasteiger partial charge in [-0.25, -0.2) is 4.57 Å². The fraction of sp³-hybridized carbons (Fsp3) is 0.913. The molecule has 1 amide bonds. The van der Waals surface area contributed by atoms with Gasteiger partial charge in [0.1, 0.15) is 19.3 Å². The number of unbranched alkanes of at least 4 members (excludes halogenated alkanes) is 46. The van der Waals surface area contributed by atoms with Crippen LogP contribution in [0, 0.1) is 0 Å². The van der Waals surface area contributed by atoms with Gasteiger partial charge in [-0.15, -0.1) is 0 Å². The molecule has 0 fully saturated rings. The van der Waals surface area contributed by atoms with Crippen molar-refractivity contribution in [3.05, 3.63) is 24.3 Å². The average molecular weight is 1140 g/mol. The smallest absolute Gasteiger partial charge is 0.456 e. The zero-order valence-electron chi connectivity index (χ0n) is 53.6. The normalized spacial score (nSPS) is 13.7. The second-order valence-corrected chi connectivity index (χ2v) is 26.5. The summed E-state index contributed by atoms with van der Waals surface area (Å²) in [6.45, 7) is 7.07. The molecule has 0 aliphatic rings. The highest BCUT2D eigenvalue weighted by atomic mass is 31.2. The van der Waals surface area contributed by atoms with Crippen LogP contribution in [0.4, 0.5) is 0 Å². The molecule has 0 aromatic heterocycles. The van der Waals surface area contributed by atoms with E-state index in [9.17, 15) is 19.0 Å². The molecule has 0 aromatic carbocycles. The zero-order chi connectivity index (χ0) is 57.9. The number of nitrogens with zero attached hydrogens (tertiary/aromatic N) is 1. The number of quaternary nitrogens is 1. The highest BCUT2D eigenvalue weighted by Crippen LogP contribution is 2.43. The number of carbonyl (C=O) groups is 2. The van der Waals surface area contributed by atoms with Gasteiger partial charge < -0.3 is 19.4 Å². The second kappa shape index (κ2) is 59.6. The number of esters is 1. The highest BCUT2D eigenvalue weighted by Gasteiger charge is 2.30. The van der Waals surface area contributed by atoms with E-state index in [0.29, 0.717) is 23.9 Å². The number of hydrogen-bond acceptors (Lipinski definition) is 6. The van der Waals surface area contributed by atoms with Crippen LogP contribution in [0.5, 0.6) is 0 Å². The molecule has 3 unspecified atom stereocenters. The lowest BCUT2D eigenvalue weighted by molar-refractivity contribution is -0.870. The summed E-state index contributed by atoms with van der Waals surface area (Å²) in [5, 5.41) is 3.08. The van der Waals surface area contributed by atoms with Crippen molar-refractivity contribution in [1.82, 2.24) is 5.32 Å². The minimum absolute atomic E-state index is 0.0445. The van der Waals surface area contributed by atoms with E-state index < -0.39 is 20.0 Å². The molecule has 0 bridgehead atoms. The molecule has 0 radical (unpaired) electrons. The lowest BCUT2D eigenvalue weighted by Crippen LogP contribution is -2.47. The van der Waals surface area contributed by atoms with E-state index >= 15 is 0 Å². The number of rotatable bonds is 64. The fourth-order valence-corrected chi connectivity index (χ4v) is 11.3. The van der Waals surface area contributed by atoms with E-state index in [1.807, 2.05) is 27.2 Å². The summed E-state index contributed by atoms with van der Waals surface area (Å²) in [6.07, 6.45) is 71.8. The van der Waals surface area contributed by atoms with E-state index in [4.69, 9.17) is 13.8 Å². The van der Waals surface area contributed by atoms with Gasteiger partial charge in [0.15, 0.2) is 0 Å². The third-order valence-electron chi connectivity index (χ3n) is 15.9. The Morgan fingerprint density at radius 2 is 0.734 bits per heavy atom. The fourth-order valence-electron chi connectivity index (χ4n) is 10.5. The summed E-state index contributed by atoms with van der Waals surface area (Å²) < 4.78 is 30.8. The van der Waals surface area contributed by atoms with Crippen LogP contribution in [0.25, 0.3) is 0 Å². The Morgan fingerprint density at radius 1 is 0.430 bits per heavy atom. The van der Waals surface area contributed by atoms with Gasteiger partial charge in [0.25, 0.3) is 0 Å². The molecule has 9 nitrogen and oxygen atoms in total. The van der Waals surface area contributed by atoms with Gasteiger partial charge in [0.05, 0.1) is 33.8 Å². The summed E-state index contributed by atoms with van der Waals surface area (Å²) in [6, 6.07) is -0.843. The van der Waals surface area contributed by atoms with Crippen LogP contribution in [-0.4, -0.2) is 74.3 Å². The highest BCUT2D eigenvalue weighted by molar-refractivity contribution is 7.47. The van der Waals surface area contributed by atoms with E-state index in [2.05, 4.69) is 44.3 Å². The third-order valence-corrected chi connectivity index (χ3v) is 16.9. The molecule has 0 heterocycles. The number of phosphoric ester groups is 1. The molecule has 0 aliphatic heterocycles. The van der Waals surface area contributed by atoms with E-state index in [1.54, 1.807) is 0 Å². The summed E-state index contributed by atoms with van der Waals surface area (Å²) in [5.41, 5.74) is 0. The largest absolute Gasteiger partial charge is 0.472 e. The van der Waals surface area contributed by atoms with Crippen LogP contribution in [0.3, 0.4) is 0 Å². The molecule has 0 aromatic rings. The molecule has 2 N–H and O–H groups in total. The van der Waals surface area contributed by atoms with Crippen molar-refractivity contribution in [3.63, 3.8) is 0 Å². The molecule has 79 heavy (non-hydrogen) atoms. The van der Waals surface area contributed by atoms with Gasteiger partial charge in [-0.2, -0.15) is 0 Å². The van der Waals surface area contributed by atoms with Crippen molar-refractivity contribution >= 4 is 19.7 Å². The molecule has 3 atom stereocenters. The van der Waals surface area contributed by atoms with Crippen molar-refractivity contribution in [3.8, 4) is 0 Å². The SMILES string of the molecule is CCCCCCCC/C=C/CCCCCCCCCCCCCCCC(=O)OC(/C=C/CCCCCCCCCCCCC)C(COP(=O)(O)OCC[N+](C)(C)C)NC(=O)CCCCCCCCCCCCCCCCCCC. The van der Waals surface area contributed by atoms with Crippen LogP contribution in [0.15, 0.2) is 24.3 Å². The third kappa shape index (κ3) is 60.9. The van der Waals surface area contributed by atoms with Crippen LogP contribution in [-0.2, 0) is 27.9 Å². The van der Waals surface area contributed by atoms with E-state index in [0.717, 1.165) is 57.8 Å². The Balaban J connectivity index is 5.10. The van der Waals surface area contributed by atoms with Gasteiger partial charge in [-0.1, -0.05) is 309 Å². The monoisotopic (exact) mass is 1140 g/mol. The predicted octanol–water partition coefficient (Wildman–Crippen LogP) is 21.7. The Kier molecular flexibility index (Phi) is 58.5. The molecule has 0 aliphatic carbocycles. The quantitative estimate of drug-likeness (QED) is 0.0205. The maximum absolute atomic E-state index is 13.6. The molecule has 0 rings (SSSR count). The van der Waals surface area contributed by atoms with Crippen LogP contribution >= 0.6 is 7.82 Å². The molecule has 0 saturated heterocycles. The number of allylic oxidation sites excluding steroid dienone is 3. The molecular weight excluding hydrogens is 1000 g/mol. The number of amides is 1. The van der Waals surface area contributed by atoms with E-state index in [1.165, 1.54) is 263 Å². The van der Waals surface area contributed by atoms with Gasteiger partial charge in [-0.3, -0.25) is 18.6 Å². The standard InChI is InChI=1S/C69H135N2O7P/c1-7-10-13-16-19-22-25-28-30-32-33-34-35-36-37-39-41-44-47-50-53-56-59-62-69(73)78-67(60-57-54-51-48-45-42-27-24-21-18-15-12-9-3)66(65-77-79(74,75)76-64-63-71(4,5)6)70-68(72)61-58-55-52-49-46-43-40-38-31-29-26-23-20-17-14-11-8-2/h28,30,57,60,66-67H,7-27,29,31-56,58-59,61-65H2,1-6H3,(H-,70,72,74,75)/p+1/b30-28+,60-57+. The molecule has 0 saturated carbocycles. The first-order chi connectivity index (χ1) is 38.4. The zero-order valence-corrected chi connectivity index (χ0v) is 54.5. The lowest BCUT2D eigenvalue weighted by atomic mass is 10.0. The molecular formula is C69H136N2O7P+. The number of hydrogen-bond donors (Lipinski definition) is 2. The van der Waals surface area contributed by atoms with Gasteiger partial charge >= 0.3 is 13.8 Å². The first-order valence-corrected chi connectivity index (χ1v) is 36.2. The molecule has 0 spiro atoms. The van der Waals surface area contributed by atoms with E-state index in [-0.39, 0.29) is 25.1 Å². The Bertz CT molecular complexity index is 1400. The number of likely N-dealkylation sites (N-methyl/N-ethyl adjacent to an activating group) is 1. The van der Waals surface area contributed by atoms with Crippen molar-refractivity contribution in [2.45, 2.75) is 367 Å². The minimum atomic E-state index is -4.45. The summed E-state index contributed by atoms with van der Waals surface area (Å²) in [5.74, 6) is -0.483. The molecule has 468 valence electrons. The first-order valence-electron chi connectivity index (χ1n) is 34.7. The topological polar surface area (TPSA) is 111 Å². The van der Waals surface area contributed by atoms with Gasteiger partial charge in [0.2, 0.25) is 5.91 Å². The maximum atomic E-state index is 13.6. The van der Waals surface area contributed by atoms with Crippen LogP contribution in [0.2, 0.25) is 0 Å². The Morgan fingerprint density at radius 3 is 1.08 bits per heavy atom. The van der Waals surface area contributed by atoms with Crippen molar-refractivity contribution in [2.24, 2.45) is 0 Å². The number of carbonyl (C=O) groups excluding carboxylic acids is 2. The van der Waals surface area contributed by atoms with Crippen LogP contribution < -0.4 is 5.32 Å². The summed E-state index contributed by atoms with van der Waals surface area (Å²) in [4.78, 5) is 37.9. The van der Waals surface area contributed by atoms with Crippen molar-refractivity contribution in [1.29, 1.82) is 0 Å². The van der Waals surface area contributed by atoms with Crippen LogP contribution in [0.1, 0.15) is 355 Å². The summed E-state index contributed by atoms with van der Waals surface area (Å²) >= 11 is 0. The summed E-state index contributed by atoms with van der Waals surface area (Å²) in [7, 11) is 1.52. The number of nitrogens with one attached hydrogen (secondary N) is 1. The molecule has 10 heteroatoms. The number of ether oxygens (including phenoxy) is 1. The van der Waals surface area contributed by atoms with Gasteiger partial charge in [0, 0.05) is 12.8 Å². The predicted molar refractivity (Wildman–Crippen MR) is 342 cm³/mol. The lowest BCUT2D eigenvalue weighted by Gasteiger charge is -2.27. The Labute approximate surface area is 492 Å².